The third-order valence-corrected chi connectivity index (χ3v) is 2.83. The second kappa shape index (κ2) is 4.62. The van der Waals surface area contributed by atoms with Crippen LogP contribution in [0, 0.1) is 5.82 Å². The van der Waals surface area contributed by atoms with Crippen molar-refractivity contribution in [2.45, 2.75) is 32.3 Å². The first-order valence-corrected chi connectivity index (χ1v) is 5.13. The van der Waals surface area contributed by atoms with E-state index in [2.05, 4.69) is 0 Å². The number of aliphatic hydroxyl groups is 1. The minimum Gasteiger partial charge on any atom is -0.496 e. The van der Waals surface area contributed by atoms with Crippen molar-refractivity contribution >= 4 is 0 Å². The van der Waals surface area contributed by atoms with Crippen molar-refractivity contribution in [3.8, 4) is 5.75 Å². The first-order valence-electron chi connectivity index (χ1n) is 5.13. The number of methoxy groups -OCH3 is 1. The summed E-state index contributed by atoms with van der Waals surface area (Å²) in [5.41, 5.74) is -0.483. The van der Waals surface area contributed by atoms with Gasteiger partial charge in [0.2, 0.25) is 0 Å². The number of benzene rings is 1. The molecule has 1 N–H and O–H groups in total. The van der Waals surface area contributed by atoms with Crippen molar-refractivity contribution in [1.82, 2.24) is 0 Å². The van der Waals surface area contributed by atoms with Gasteiger partial charge in [0.15, 0.2) is 0 Å². The average molecular weight is 212 g/mol. The SMILES string of the molecule is CCC(O)(CC)c1cc(F)ccc1OC. The van der Waals surface area contributed by atoms with Crippen LogP contribution >= 0.6 is 0 Å². The fourth-order valence-corrected chi connectivity index (χ4v) is 1.67. The zero-order valence-electron chi connectivity index (χ0n) is 9.38. The molecule has 0 aliphatic heterocycles. The highest BCUT2D eigenvalue weighted by molar-refractivity contribution is 5.38. The van der Waals surface area contributed by atoms with E-state index in [4.69, 9.17) is 4.74 Å². The van der Waals surface area contributed by atoms with E-state index in [1.54, 1.807) is 6.07 Å². The summed E-state index contributed by atoms with van der Waals surface area (Å²) in [6.07, 6.45) is 1.06. The summed E-state index contributed by atoms with van der Waals surface area (Å²) in [6, 6.07) is 4.21. The van der Waals surface area contributed by atoms with Gasteiger partial charge in [-0.1, -0.05) is 13.8 Å². The lowest BCUT2D eigenvalue weighted by molar-refractivity contribution is 0.0257. The summed E-state index contributed by atoms with van der Waals surface area (Å²) >= 11 is 0. The molecule has 0 spiro atoms. The predicted molar refractivity (Wildman–Crippen MR) is 57.4 cm³/mol. The largest absolute Gasteiger partial charge is 0.496 e. The van der Waals surface area contributed by atoms with Crippen LogP contribution in [-0.4, -0.2) is 12.2 Å². The minimum absolute atomic E-state index is 0.355. The van der Waals surface area contributed by atoms with Gasteiger partial charge in [0.05, 0.1) is 12.7 Å². The summed E-state index contributed by atoms with van der Waals surface area (Å²) in [5, 5.41) is 10.3. The first-order chi connectivity index (χ1) is 7.07. The number of ether oxygens (including phenoxy) is 1. The van der Waals surface area contributed by atoms with Crippen molar-refractivity contribution in [3.05, 3.63) is 29.6 Å². The molecule has 0 radical (unpaired) electrons. The van der Waals surface area contributed by atoms with Crippen molar-refractivity contribution in [1.29, 1.82) is 0 Å². The Morgan fingerprint density at radius 3 is 2.40 bits per heavy atom. The van der Waals surface area contributed by atoms with E-state index in [-0.39, 0.29) is 5.82 Å². The molecule has 0 unspecified atom stereocenters. The molecule has 15 heavy (non-hydrogen) atoms. The molecule has 1 aromatic rings. The second-order valence-electron chi connectivity index (χ2n) is 3.58. The molecule has 0 amide bonds. The molecule has 3 heteroatoms. The van der Waals surface area contributed by atoms with E-state index in [1.807, 2.05) is 13.8 Å². The maximum absolute atomic E-state index is 13.1. The quantitative estimate of drug-likeness (QED) is 0.831. The lowest BCUT2D eigenvalue weighted by Gasteiger charge is -2.27. The molecule has 0 aliphatic rings. The Balaban J connectivity index is 3.26. The number of hydrogen-bond acceptors (Lipinski definition) is 2. The van der Waals surface area contributed by atoms with Crippen LogP contribution in [0.5, 0.6) is 5.75 Å². The number of hydrogen-bond donors (Lipinski definition) is 1. The molecule has 0 fully saturated rings. The van der Waals surface area contributed by atoms with E-state index in [0.717, 1.165) is 0 Å². The molecule has 0 aromatic heterocycles. The zero-order chi connectivity index (χ0) is 11.5. The highest BCUT2D eigenvalue weighted by Crippen LogP contribution is 2.35. The summed E-state index contributed by atoms with van der Waals surface area (Å²) < 4.78 is 18.2. The van der Waals surface area contributed by atoms with Crippen LogP contribution in [0.15, 0.2) is 18.2 Å². The van der Waals surface area contributed by atoms with Gasteiger partial charge in [0, 0.05) is 5.56 Å². The average Bonchev–Trinajstić information content (AvgIpc) is 2.28. The fraction of sp³-hybridized carbons (Fsp3) is 0.500. The molecule has 0 saturated carbocycles. The summed E-state index contributed by atoms with van der Waals surface area (Å²) in [4.78, 5) is 0. The monoisotopic (exact) mass is 212 g/mol. The Morgan fingerprint density at radius 2 is 1.93 bits per heavy atom. The Bertz CT molecular complexity index is 332. The minimum atomic E-state index is -1.01. The maximum atomic E-state index is 13.1. The number of rotatable bonds is 4. The predicted octanol–water partition coefficient (Wildman–Crippen LogP) is 2.84. The van der Waals surface area contributed by atoms with Gasteiger partial charge < -0.3 is 9.84 Å². The van der Waals surface area contributed by atoms with Crippen LogP contribution in [0.1, 0.15) is 32.3 Å². The molecular weight excluding hydrogens is 195 g/mol. The van der Waals surface area contributed by atoms with Crippen molar-refractivity contribution in [3.63, 3.8) is 0 Å². The summed E-state index contributed by atoms with van der Waals surface area (Å²) in [5.74, 6) is 0.175. The smallest absolute Gasteiger partial charge is 0.125 e. The Morgan fingerprint density at radius 1 is 1.33 bits per heavy atom. The molecule has 84 valence electrons. The number of halogens is 1. The Kier molecular flexibility index (Phi) is 3.69. The van der Waals surface area contributed by atoms with Crippen molar-refractivity contribution in [2.75, 3.05) is 7.11 Å². The van der Waals surface area contributed by atoms with Crippen LogP contribution in [0.25, 0.3) is 0 Å². The van der Waals surface area contributed by atoms with Crippen LogP contribution in [0.4, 0.5) is 4.39 Å². The molecule has 0 saturated heterocycles. The van der Waals surface area contributed by atoms with Crippen LogP contribution in [0.3, 0.4) is 0 Å². The Labute approximate surface area is 89.7 Å². The summed E-state index contributed by atoms with van der Waals surface area (Å²) in [6.45, 7) is 3.74. The topological polar surface area (TPSA) is 29.5 Å². The van der Waals surface area contributed by atoms with Crippen LogP contribution < -0.4 is 4.74 Å². The molecule has 0 bridgehead atoms. The van der Waals surface area contributed by atoms with Gasteiger partial charge >= 0.3 is 0 Å². The lowest BCUT2D eigenvalue weighted by atomic mass is 9.88. The van der Waals surface area contributed by atoms with Gasteiger partial charge in [0.25, 0.3) is 0 Å². The standard InChI is InChI=1S/C12H17FO2/c1-4-12(14,5-2)10-8-9(13)6-7-11(10)15-3/h6-8,14H,4-5H2,1-3H3. The molecule has 1 rings (SSSR count). The second-order valence-corrected chi connectivity index (χ2v) is 3.58. The van der Waals surface area contributed by atoms with Crippen molar-refractivity contribution in [2.24, 2.45) is 0 Å². The van der Waals surface area contributed by atoms with Gasteiger partial charge in [-0.3, -0.25) is 0 Å². The third-order valence-electron chi connectivity index (χ3n) is 2.83. The molecule has 0 aliphatic carbocycles. The lowest BCUT2D eigenvalue weighted by Crippen LogP contribution is -2.24. The van der Waals surface area contributed by atoms with Gasteiger partial charge in [-0.25, -0.2) is 4.39 Å². The third kappa shape index (κ3) is 2.29. The van der Waals surface area contributed by atoms with E-state index in [9.17, 15) is 9.50 Å². The normalized spacial score (nSPS) is 11.5. The van der Waals surface area contributed by atoms with E-state index in [0.29, 0.717) is 24.2 Å². The summed E-state index contributed by atoms with van der Waals surface area (Å²) in [7, 11) is 1.52. The molecule has 0 heterocycles. The highest BCUT2D eigenvalue weighted by atomic mass is 19.1. The maximum Gasteiger partial charge on any atom is 0.125 e. The molecular formula is C12H17FO2. The van der Waals surface area contributed by atoms with Gasteiger partial charge in [-0.05, 0) is 31.0 Å². The van der Waals surface area contributed by atoms with Crippen molar-refractivity contribution < 1.29 is 14.2 Å². The fourth-order valence-electron chi connectivity index (χ4n) is 1.67. The molecule has 1 aromatic carbocycles. The molecule has 0 atom stereocenters. The molecule has 2 nitrogen and oxygen atoms in total. The van der Waals surface area contributed by atoms with E-state index < -0.39 is 5.60 Å². The highest BCUT2D eigenvalue weighted by Gasteiger charge is 2.28. The van der Waals surface area contributed by atoms with Crippen LogP contribution in [-0.2, 0) is 5.60 Å². The van der Waals surface area contributed by atoms with E-state index >= 15 is 0 Å². The van der Waals surface area contributed by atoms with E-state index in [1.165, 1.54) is 19.2 Å². The Hall–Kier alpha value is -1.09. The van der Waals surface area contributed by atoms with Gasteiger partial charge in [-0.2, -0.15) is 0 Å². The zero-order valence-corrected chi connectivity index (χ0v) is 9.38. The first kappa shape index (κ1) is 12.0. The van der Waals surface area contributed by atoms with Crippen LogP contribution in [0.2, 0.25) is 0 Å². The van der Waals surface area contributed by atoms with Gasteiger partial charge in [-0.15, -0.1) is 0 Å². The van der Waals surface area contributed by atoms with Gasteiger partial charge in [0.1, 0.15) is 11.6 Å².